The Labute approximate surface area is 198 Å². The highest BCUT2D eigenvalue weighted by atomic mass is 35.5. The van der Waals surface area contributed by atoms with E-state index in [4.69, 9.17) is 11.6 Å². The lowest BCUT2D eigenvalue weighted by molar-refractivity contribution is -0.137. The summed E-state index contributed by atoms with van der Waals surface area (Å²) in [4.78, 5) is 28.9. The molecule has 2 heterocycles. The van der Waals surface area contributed by atoms with Crippen LogP contribution in [0.4, 0.5) is 18.9 Å². The molecule has 34 heavy (non-hydrogen) atoms. The summed E-state index contributed by atoms with van der Waals surface area (Å²) < 4.78 is 39.4. The van der Waals surface area contributed by atoms with E-state index in [1.165, 1.54) is 24.4 Å². The number of benzene rings is 2. The average molecular weight is 492 g/mol. The van der Waals surface area contributed by atoms with Crippen LogP contribution in [0.5, 0.6) is 0 Å². The van der Waals surface area contributed by atoms with Gasteiger partial charge in [0, 0.05) is 36.8 Å². The average Bonchev–Trinajstić information content (AvgIpc) is 3.29. The van der Waals surface area contributed by atoms with Crippen molar-refractivity contribution in [1.82, 2.24) is 20.0 Å². The Hall–Kier alpha value is -3.37. The van der Waals surface area contributed by atoms with Crippen molar-refractivity contribution in [1.29, 1.82) is 0 Å². The molecule has 4 rings (SSSR count). The monoisotopic (exact) mass is 491 g/mol. The number of anilines is 1. The normalized spacial score (nSPS) is 14.8. The Balaban J connectivity index is 1.34. The number of amides is 2. The number of H-pyrrole nitrogens is 1. The maximum absolute atomic E-state index is 13.1. The van der Waals surface area contributed by atoms with Gasteiger partial charge in [-0.1, -0.05) is 35.9 Å². The predicted octanol–water partition coefficient (Wildman–Crippen LogP) is 4.15. The Bertz CT molecular complexity index is 1170. The number of rotatable bonds is 5. The van der Waals surface area contributed by atoms with Crippen LogP contribution < -0.4 is 5.32 Å². The Kier molecular flexibility index (Phi) is 6.90. The predicted molar refractivity (Wildman–Crippen MR) is 121 cm³/mol. The van der Waals surface area contributed by atoms with Crippen LogP contribution in [0.15, 0.2) is 54.7 Å². The lowest BCUT2D eigenvalue weighted by Gasteiger charge is -2.34. The molecule has 0 aliphatic carbocycles. The molecule has 7 nitrogen and oxygen atoms in total. The molecule has 0 bridgehead atoms. The number of alkyl halides is 3. The molecule has 0 radical (unpaired) electrons. The molecule has 178 valence electrons. The molecule has 1 aliphatic rings. The standard InChI is InChI=1S/C23H21ClF3N5O2/c24-16-7-5-15(6-8-16)21-17(13-28-30-21)22(34)32-11-9-31(10-12-32)14-20(33)29-19-4-2-1-3-18(19)23(25,26)27/h1-8,13H,9-12,14H2,(H,28,30)(H,29,33). The SMILES string of the molecule is O=C(CN1CCN(C(=O)c2cn[nH]c2-c2ccc(Cl)cc2)CC1)Nc1ccccc1C(F)(F)F. The van der Waals surface area contributed by atoms with Gasteiger partial charge in [0.1, 0.15) is 0 Å². The quantitative estimate of drug-likeness (QED) is 0.562. The molecule has 0 atom stereocenters. The van der Waals surface area contributed by atoms with Crippen LogP contribution in [0.2, 0.25) is 5.02 Å². The number of nitrogens with one attached hydrogen (secondary N) is 2. The second-order valence-corrected chi connectivity index (χ2v) is 8.26. The van der Waals surface area contributed by atoms with Gasteiger partial charge in [-0.25, -0.2) is 0 Å². The van der Waals surface area contributed by atoms with Crippen LogP contribution >= 0.6 is 11.6 Å². The maximum Gasteiger partial charge on any atom is 0.418 e. The zero-order chi connectivity index (χ0) is 24.3. The molecule has 2 amide bonds. The van der Waals surface area contributed by atoms with Crippen LogP contribution in [0.3, 0.4) is 0 Å². The molecule has 2 aromatic carbocycles. The van der Waals surface area contributed by atoms with Gasteiger partial charge in [0.25, 0.3) is 5.91 Å². The number of carbonyl (C=O) groups is 2. The molecule has 1 saturated heterocycles. The topological polar surface area (TPSA) is 81.3 Å². The van der Waals surface area contributed by atoms with Crippen LogP contribution in [-0.4, -0.2) is 64.5 Å². The molecule has 1 aromatic heterocycles. The third-order valence-electron chi connectivity index (χ3n) is 5.54. The van der Waals surface area contributed by atoms with Crippen molar-refractivity contribution in [2.45, 2.75) is 6.18 Å². The minimum Gasteiger partial charge on any atom is -0.336 e. The fourth-order valence-corrected chi connectivity index (χ4v) is 3.92. The van der Waals surface area contributed by atoms with Gasteiger partial charge in [-0.05, 0) is 24.3 Å². The fraction of sp³-hybridized carbons (Fsp3) is 0.261. The van der Waals surface area contributed by atoms with Crippen LogP contribution in [-0.2, 0) is 11.0 Å². The molecule has 3 aromatic rings. The molecule has 11 heteroatoms. The number of halogens is 4. The summed E-state index contributed by atoms with van der Waals surface area (Å²) in [5.74, 6) is -0.738. The second kappa shape index (κ2) is 9.86. The molecule has 1 aliphatic heterocycles. The number of hydrogen-bond acceptors (Lipinski definition) is 4. The Morgan fingerprint density at radius 2 is 1.71 bits per heavy atom. The number of hydrogen-bond donors (Lipinski definition) is 2. The first-order valence-corrected chi connectivity index (χ1v) is 10.9. The van der Waals surface area contributed by atoms with Gasteiger partial charge >= 0.3 is 6.18 Å². The molecule has 0 spiro atoms. The summed E-state index contributed by atoms with van der Waals surface area (Å²) in [5, 5.41) is 9.79. The van der Waals surface area contributed by atoms with E-state index in [-0.39, 0.29) is 18.1 Å². The first-order chi connectivity index (χ1) is 16.2. The lowest BCUT2D eigenvalue weighted by atomic mass is 10.1. The fourth-order valence-electron chi connectivity index (χ4n) is 3.80. The van der Waals surface area contributed by atoms with Crippen LogP contribution in [0, 0.1) is 0 Å². The smallest absolute Gasteiger partial charge is 0.336 e. The first-order valence-electron chi connectivity index (χ1n) is 10.5. The highest BCUT2D eigenvalue weighted by molar-refractivity contribution is 6.30. The third-order valence-corrected chi connectivity index (χ3v) is 5.79. The first kappa shape index (κ1) is 23.8. The molecular weight excluding hydrogens is 471 g/mol. The minimum absolute atomic E-state index is 0.0735. The van der Waals surface area contributed by atoms with Crippen molar-refractivity contribution < 1.29 is 22.8 Å². The van der Waals surface area contributed by atoms with Gasteiger partial charge < -0.3 is 10.2 Å². The molecule has 1 fully saturated rings. The Morgan fingerprint density at radius 3 is 2.38 bits per heavy atom. The van der Waals surface area contributed by atoms with Crippen molar-refractivity contribution >= 4 is 29.1 Å². The summed E-state index contributed by atoms with van der Waals surface area (Å²) in [6, 6.07) is 11.9. The maximum atomic E-state index is 13.1. The number of aromatic amines is 1. The zero-order valence-corrected chi connectivity index (χ0v) is 18.7. The summed E-state index contributed by atoms with van der Waals surface area (Å²) in [7, 11) is 0. The van der Waals surface area contributed by atoms with Crippen molar-refractivity contribution in [3.8, 4) is 11.3 Å². The largest absolute Gasteiger partial charge is 0.418 e. The van der Waals surface area contributed by atoms with Gasteiger partial charge in [-0.2, -0.15) is 18.3 Å². The third kappa shape index (κ3) is 5.40. The highest BCUT2D eigenvalue weighted by Crippen LogP contribution is 2.34. The number of carbonyl (C=O) groups excluding carboxylic acids is 2. The summed E-state index contributed by atoms with van der Waals surface area (Å²) in [6.07, 6.45) is -3.09. The van der Waals surface area contributed by atoms with Gasteiger partial charge in [0.05, 0.1) is 35.2 Å². The lowest BCUT2D eigenvalue weighted by Crippen LogP contribution is -2.50. The highest BCUT2D eigenvalue weighted by Gasteiger charge is 2.34. The van der Waals surface area contributed by atoms with E-state index in [1.807, 2.05) is 0 Å². The van der Waals surface area contributed by atoms with Crippen molar-refractivity contribution in [2.24, 2.45) is 0 Å². The number of para-hydroxylation sites is 1. The van der Waals surface area contributed by atoms with Gasteiger partial charge in [-0.15, -0.1) is 0 Å². The second-order valence-electron chi connectivity index (χ2n) is 7.83. The van der Waals surface area contributed by atoms with E-state index in [1.54, 1.807) is 34.1 Å². The summed E-state index contributed by atoms with van der Waals surface area (Å²) in [5.41, 5.74) is 0.627. The van der Waals surface area contributed by atoms with Crippen molar-refractivity contribution in [2.75, 3.05) is 38.0 Å². The number of aromatic nitrogens is 2. The van der Waals surface area contributed by atoms with Gasteiger partial charge in [-0.3, -0.25) is 19.6 Å². The molecule has 0 unspecified atom stereocenters. The van der Waals surface area contributed by atoms with Gasteiger partial charge in [0.15, 0.2) is 0 Å². The molecule has 0 saturated carbocycles. The van der Waals surface area contributed by atoms with E-state index >= 15 is 0 Å². The van der Waals surface area contributed by atoms with E-state index in [9.17, 15) is 22.8 Å². The van der Waals surface area contributed by atoms with Gasteiger partial charge in [0.2, 0.25) is 5.91 Å². The number of nitrogens with zero attached hydrogens (tertiary/aromatic N) is 3. The van der Waals surface area contributed by atoms with E-state index < -0.39 is 17.6 Å². The summed E-state index contributed by atoms with van der Waals surface area (Å²) >= 11 is 5.94. The van der Waals surface area contributed by atoms with Crippen LogP contribution in [0.25, 0.3) is 11.3 Å². The number of piperazine rings is 1. The Morgan fingerprint density at radius 1 is 1.03 bits per heavy atom. The van der Waals surface area contributed by atoms with E-state index in [2.05, 4.69) is 15.5 Å². The molecule has 2 N–H and O–H groups in total. The minimum atomic E-state index is -4.56. The van der Waals surface area contributed by atoms with Crippen LogP contribution in [0.1, 0.15) is 15.9 Å². The zero-order valence-electron chi connectivity index (χ0n) is 17.9. The van der Waals surface area contributed by atoms with E-state index in [0.717, 1.165) is 11.6 Å². The van der Waals surface area contributed by atoms with Crippen molar-refractivity contribution in [3.05, 3.63) is 70.9 Å². The summed E-state index contributed by atoms with van der Waals surface area (Å²) in [6.45, 7) is 1.49. The molecular formula is C23H21ClF3N5O2. The van der Waals surface area contributed by atoms with Crippen molar-refractivity contribution in [3.63, 3.8) is 0 Å². The van der Waals surface area contributed by atoms with E-state index in [0.29, 0.717) is 42.5 Å².